The quantitative estimate of drug-likeness (QED) is 0.879. The van der Waals surface area contributed by atoms with Crippen molar-refractivity contribution < 1.29 is 14.1 Å². The van der Waals surface area contributed by atoms with E-state index in [9.17, 15) is 4.79 Å². The minimum atomic E-state index is -0.632. The maximum atomic E-state index is 11.9. The number of nitrogens with zero attached hydrogens (tertiary/aromatic N) is 1. The van der Waals surface area contributed by atoms with Crippen LogP contribution in [0.25, 0.3) is 11.3 Å². The Hall–Kier alpha value is -1.72. The summed E-state index contributed by atoms with van der Waals surface area (Å²) in [4.78, 5) is 11.9. The summed E-state index contributed by atoms with van der Waals surface area (Å²) in [7, 11) is 0. The fourth-order valence-corrected chi connectivity index (χ4v) is 2.17. The maximum absolute atomic E-state index is 11.9. The van der Waals surface area contributed by atoms with Crippen molar-refractivity contribution in [2.75, 3.05) is 12.3 Å². The minimum absolute atomic E-state index is 0.0249. The number of ether oxygens (including phenoxy) is 1. The number of nitrogens with two attached hydrogens (primary N) is 1. The van der Waals surface area contributed by atoms with E-state index in [4.69, 9.17) is 38.2 Å². The molecule has 2 N–H and O–H groups in total. The normalized spacial score (nSPS) is 10.5. The van der Waals surface area contributed by atoms with E-state index in [2.05, 4.69) is 5.16 Å². The smallest absolute Gasteiger partial charge is 0.346 e. The number of carbonyl (C=O) groups is 1. The third kappa shape index (κ3) is 2.52. The van der Waals surface area contributed by atoms with Gasteiger partial charge in [-0.05, 0) is 19.1 Å². The largest absolute Gasteiger partial charge is 0.462 e. The average molecular weight is 301 g/mol. The van der Waals surface area contributed by atoms with Crippen molar-refractivity contribution in [3.05, 3.63) is 33.8 Å². The van der Waals surface area contributed by atoms with Crippen molar-refractivity contribution in [2.45, 2.75) is 6.92 Å². The number of halogens is 2. The standard InChI is InChI=1S/C12H10Cl2N2O3/c1-2-18-12(17)9-10(16-19-11(9)15)8-6(13)4-3-5-7(8)14/h3-5H,2,15H2,1H3. The van der Waals surface area contributed by atoms with E-state index in [1.54, 1.807) is 25.1 Å². The van der Waals surface area contributed by atoms with Gasteiger partial charge in [-0.15, -0.1) is 0 Å². The van der Waals surface area contributed by atoms with E-state index >= 15 is 0 Å². The number of aromatic nitrogens is 1. The van der Waals surface area contributed by atoms with Gasteiger partial charge in [0.1, 0.15) is 5.69 Å². The lowest BCUT2D eigenvalue weighted by Gasteiger charge is -2.05. The molecule has 0 radical (unpaired) electrons. The zero-order valence-corrected chi connectivity index (χ0v) is 11.5. The fraction of sp³-hybridized carbons (Fsp3) is 0.167. The summed E-state index contributed by atoms with van der Waals surface area (Å²) in [5, 5.41) is 4.42. The first-order valence-corrected chi connectivity index (χ1v) is 6.18. The predicted molar refractivity (Wildman–Crippen MR) is 72.3 cm³/mol. The number of benzene rings is 1. The fourth-order valence-electron chi connectivity index (χ4n) is 1.60. The van der Waals surface area contributed by atoms with Crippen molar-refractivity contribution in [1.29, 1.82) is 0 Å². The summed E-state index contributed by atoms with van der Waals surface area (Å²) in [6, 6.07) is 4.94. The summed E-state index contributed by atoms with van der Waals surface area (Å²) in [5.74, 6) is -0.767. The second-order valence-corrected chi connectivity index (χ2v) is 4.40. The second-order valence-electron chi connectivity index (χ2n) is 3.59. The van der Waals surface area contributed by atoms with E-state index in [-0.39, 0.29) is 23.7 Å². The molecule has 1 aromatic heterocycles. The van der Waals surface area contributed by atoms with Crippen molar-refractivity contribution in [3.8, 4) is 11.3 Å². The van der Waals surface area contributed by atoms with Crippen LogP contribution in [-0.2, 0) is 4.74 Å². The number of carbonyl (C=O) groups excluding carboxylic acids is 1. The Kier molecular flexibility index (Phi) is 3.97. The molecule has 0 saturated heterocycles. The van der Waals surface area contributed by atoms with Crippen molar-refractivity contribution >= 4 is 35.1 Å². The van der Waals surface area contributed by atoms with Crippen LogP contribution in [0.3, 0.4) is 0 Å². The summed E-state index contributed by atoms with van der Waals surface area (Å²) in [6.07, 6.45) is 0. The Balaban J connectivity index is 2.61. The molecular weight excluding hydrogens is 291 g/mol. The molecule has 0 bridgehead atoms. The molecular formula is C12H10Cl2N2O3. The third-order valence-corrected chi connectivity index (χ3v) is 3.03. The van der Waals surface area contributed by atoms with Gasteiger partial charge in [-0.25, -0.2) is 4.79 Å². The molecule has 1 heterocycles. The molecule has 0 saturated carbocycles. The second kappa shape index (κ2) is 5.50. The summed E-state index contributed by atoms with van der Waals surface area (Å²) < 4.78 is 9.74. The number of rotatable bonds is 3. The van der Waals surface area contributed by atoms with Crippen LogP contribution in [0.5, 0.6) is 0 Å². The Bertz CT molecular complexity index is 605. The molecule has 0 amide bonds. The zero-order valence-electron chi connectivity index (χ0n) is 9.94. The van der Waals surface area contributed by atoms with Gasteiger partial charge in [0.15, 0.2) is 5.56 Å². The lowest BCUT2D eigenvalue weighted by Crippen LogP contribution is -2.07. The Morgan fingerprint density at radius 2 is 2.05 bits per heavy atom. The van der Waals surface area contributed by atoms with Crippen LogP contribution in [-0.4, -0.2) is 17.7 Å². The van der Waals surface area contributed by atoms with Crippen LogP contribution in [0.15, 0.2) is 22.7 Å². The van der Waals surface area contributed by atoms with E-state index in [1.807, 2.05) is 0 Å². The average Bonchev–Trinajstić information content (AvgIpc) is 2.71. The SMILES string of the molecule is CCOC(=O)c1c(-c2c(Cl)cccc2Cl)noc1N. The molecule has 7 heteroatoms. The van der Waals surface area contributed by atoms with Crippen molar-refractivity contribution in [2.24, 2.45) is 0 Å². The highest BCUT2D eigenvalue weighted by Crippen LogP contribution is 2.37. The molecule has 19 heavy (non-hydrogen) atoms. The van der Waals surface area contributed by atoms with E-state index in [0.29, 0.717) is 15.6 Å². The monoisotopic (exact) mass is 300 g/mol. The van der Waals surface area contributed by atoms with Gasteiger partial charge in [-0.2, -0.15) is 0 Å². The molecule has 0 atom stereocenters. The van der Waals surface area contributed by atoms with E-state index < -0.39 is 5.97 Å². The Labute approximate surface area is 119 Å². The molecule has 0 fully saturated rings. The number of hydrogen-bond donors (Lipinski definition) is 1. The lowest BCUT2D eigenvalue weighted by atomic mass is 10.1. The zero-order chi connectivity index (χ0) is 14.0. The van der Waals surface area contributed by atoms with Gasteiger partial charge in [0.2, 0.25) is 5.88 Å². The van der Waals surface area contributed by atoms with Gasteiger partial charge in [0, 0.05) is 5.56 Å². The van der Waals surface area contributed by atoms with Crippen molar-refractivity contribution in [3.63, 3.8) is 0 Å². The molecule has 0 aliphatic heterocycles. The highest BCUT2D eigenvalue weighted by Gasteiger charge is 2.26. The summed E-state index contributed by atoms with van der Waals surface area (Å²) in [5.41, 5.74) is 6.18. The lowest BCUT2D eigenvalue weighted by molar-refractivity contribution is 0.0528. The van der Waals surface area contributed by atoms with Gasteiger partial charge in [0.25, 0.3) is 0 Å². The number of anilines is 1. The van der Waals surface area contributed by atoms with Crippen LogP contribution >= 0.6 is 23.2 Å². The molecule has 0 unspecified atom stereocenters. The number of nitrogen functional groups attached to an aromatic ring is 1. The van der Waals surface area contributed by atoms with E-state index in [0.717, 1.165) is 0 Å². The van der Waals surface area contributed by atoms with Crippen LogP contribution < -0.4 is 5.73 Å². The van der Waals surface area contributed by atoms with Gasteiger partial charge in [0.05, 0.1) is 16.7 Å². The molecule has 0 aliphatic rings. The molecule has 2 rings (SSSR count). The third-order valence-electron chi connectivity index (χ3n) is 2.40. The number of hydrogen-bond acceptors (Lipinski definition) is 5. The topological polar surface area (TPSA) is 78.3 Å². The minimum Gasteiger partial charge on any atom is -0.462 e. The molecule has 5 nitrogen and oxygen atoms in total. The van der Waals surface area contributed by atoms with Gasteiger partial charge in [-0.3, -0.25) is 0 Å². The Morgan fingerprint density at radius 3 is 2.63 bits per heavy atom. The van der Waals surface area contributed by atoms with E-state index in [1.165, 1.54) is 0 Å². The van der Waals surface area contributed by atoms with Crippen LogP contribution in [0, 0.1) is 0 Å². The summed E-state index contributed by atoms with van der Waals surface area (Å²) >= 11 is 12.1. The first kappa shape index (κ1) is 13.7. The molecule has 1 aromatic carbocycles. The van der Waals surface area contributed by atoms with Crippen LogP contribution in [0.2, 0.25) is 10.0 Å². The number of esters is 1. The Morgan fingerprint density at radius 1 is 1.42 bits per heavy atom. The maximum Gasteiger partial charge on any atom is 0.346 e. The van der Waals surface area contributed by atoms with Gasteiger partial charge in [-0.1, -0.05) is 34.4 Å². The first-order valence-electron chi connectivity index (χ1n) is 5.42. The highest BCUT2D eigenvalue weighted by molar-refractivity contribution is 6.39. The summed E-state index contributed by atoms with van der Waals surface area (Å²) in [6.45, 7) is 1.89. The van der Waals surface area contributed by atoms with Crippen LogP contribution in [0.4, 0.5) is 5.88 Å². The van der Waals surface area contributed by atoms with Crippen molar-refractivity contribution in [1.82, 2.24) is 5.16 Å². The highest BCUT2D eigenvalue weighted by atomic mass is 35.5. The molecule has 100 valence electrons. The molecule has 0 spiro atoms. The first-order chi connectivity index (χ1) is 9.06. The predicted octanol–water partition coefficient (Wildman–Crippen LogP) is 3.41. The molecule has 2 aromatic rings. The van der Waals surface area contributed by atoms with Gasteiger partial charge >= 0.3 is 5.97 Å². The molecule has 0 aliphatic carbocycles. The van der Waals surface area contributed by atoms with Crippen LogP contribution in [0.1, 0.15) is 17.3 Å². The van der Waals surface area contributed by atoms with Gasteiger partial charge < -0.3 is 15.0 Å².